The van der Waals surface area contributed by atoms with Gasteiger partial charge < -0.3 is 4.74 Å². The molecule has 1 aromatic carbocycles. The van der Waals surface area contributed by atoms with E-state index in [1.807, 2.05) is 35.7 Å². The van der Waals surface area contributed by atoms with Crippen LogP contribution in [0.15, 0.2) is 41.8 Å². The number of rotatable bonds is 4. The van der Waals surface area contributed by atoms with Gasteiger partial charge in [0.2, 0.25) is 0 Å². The first-order valence-electron chi connectivity index (χ1n) is 6.70. The molecule has 20 heavy (non-hydrogen) atoms. The summed E-state index contributed by atoms with van der Waals surface area (Å²) < 4.78 is 5.43. The standard InChI is InChI=1S/C16H19NO2S/c1-4-12(2)13-7-5-8-14(11-13)19-16(18)17(3)15-9-6-10-20-15/h5-12H,4H2,1-3H3. The number of nitrogens with zero attached hydrogens (tertiary/aromatic N) is 1. The second-order valence-corrected chi connectivity index (χ2v) is 5.69. The van der Waals surface area contributed by atoms with Crippen molar-refractivity contribution in [3.8, 4) is 5.75 Å². The van der Waals surface area contributed by atoms with Crippen LogP contribution >= 0.6 is 11.3 Å². The Bertz CT molecular complexity index is 566. The highest BCUT2D eigenvalue weighted by atomic mass is 32.1. The Labute approximate surface area is 123 Å². The highest BCUT2D eigenvalue weighted by Crippen LogP contribution is 2.25. The predicted molar refractivity (Wildman–Crippen MR) is 83.9 cm³/mol. The monoisotopic (exact) mass is 289 g/mol. The van der Waals surface area contributed by atoms with Crippen LogP contribution in [0.25, 0.3) is 0 Å². The predicted octanol–water partition coefficient (Wildman–Crippen LogP) is 4.90. The van der Waals surface area contributed by atoms with Crippen molar-refractivity contribution in [2.75, 3.05) is 11.9 Å². The molecule has 0 saturated heterocycles. The molecule has 0 aliphatic rings. The van der Waals surface area contributed by atoms with Crippen LogP contribution in [0.2, 0.25) is 0 Å². The van der Waals surface area contributed by atoms with E-state index in [-0.39, 0.29) is 6.09 Å². The Morgan fingerprint density at radius 2 is 2.15 bits per heavy atom. The van der Waals surface area contributed by atoms with Gasteiger partial charge in [0.05, 0.1) is 0 Å². The molecule has 0 N–H and O–H groups in total. The first kappa shape index (κ1) is 14.6. The fourth-order valence-corrected chi connectivity index (χ4v) is 2.53. The zero-order valence-electron chi connectivity index (χ0n) is 12.0. The Morgan fingerprint density at radius 1 is 1.35 bits per heavy atom. The van der Waals surface area contributed by atoms with E-state index in [0.29, 0.717) is 11.7 Å². The van der Waals surface area contributed by atoms with Gasteiger partial charge in [0.25, 0.3) is 0 Å². The third-order valence-electron chi connectivity index (χ3n) is 3.36. The Morgan fingerprint density at radius 3 is 2.80 bits per heavy atom. The van der Waals surface area contributed by atoms with Gasteiger partial charge in [0.15, 0.2) is 0 Å². The lowest BCUT2D eigenvalue weighted by molar-refractivity contribution is 0.209. The first-order chi connectivity index (χ1) is 9.61. The van der Waals surface area contributed by atoms with Crippen molar-refractivity contribution in [3.63, 3.8) is 0 Å². The van der Waals surface area contributed by atoms with Gasteiger partial charge in [-0.3, -0.25) is 4.90 Å². The summed E-state index contributed by atoms with van der Waals surface area (Å²) >= 11 is 1.51. The zero-order chi connectivity index (χ0) is 14.5. The molecule has 3 nitrogen and oxygen atoms in total. The van der Waals surface area contributed by atoms with Crippen molar-refractivity contribution < 1.29 is 9.53 Å². The molecule has 1 unspecified atom stereocenters. The van der Waals surface area contributed by atoms with E-state index < -0.39 is 0 Å². The third-order valence-corrected chi connectivity index (χ3v) is 4.30. The number of thiophene rings is 1. The normalized spacial score (nSPS) is 11.9. The molecule has 4 heteroatoms. The van der Waals surface area contributed by atoms with E-state index in [4.69, 9.17) is 4.74 Å². The molecule has 1 heterocycles. The number of carbonyl (C=O) groups excluding carboxylic acids is 1. The topological polar surface area (TPSA) is 29.5 Å². The molecule has 1 atom stereocenters. The van der Waals surface area contributed by atoms with Gasteiger partial charge >= 0.3 is 6.09 Å². The van der Waals surface area contributed by atoms with E-state index >= 15 is 0 Å². The summed E-state index contributed by atoms with van der Waals surface area (Å²) in [6.07, 6.45) is 0.695. The molecule has 0 aliphatic heterocycles. The number of hydrogen-bond acceptors (Lipinski definition) is 3. The lowest BCUT2D eigenvalue weighted by Gasteiger charge is -2.16. The maximum absolute atomic E-state index is 12.1. The lowest BCUT2D eigenvalue weighted by Crippen LogP contribution is -2.28. The van der Waals surface area contributed by atoms with Crippen molar-refractivity contribution in [2.45, 2.75) is 26.2 Å². The summed E-state index contributed by atoms with van der Waals surface area (Å²) in [6.45, 7) is 4.31. The van der Waals surface area contributed by atoms with Crippen LogP contribution < -0.4 is 9.64 Å². The molecule has 0 fully saturated rings. The summed E-state index contributed by atoms with van der Waals surface area (Å²) in [6, 6.07) is 11.5. The highest BCUT2D eigenvalue weighted by Gasteiger charge is 2.14. The van der Waals surface area contributed by atoms with Crippen molar-refractivity contribution in [3.05, 3.63) is 47.3 Å². The first-order valence-corrected chi connectivity index (χ1v) is 7.58. The average molecular weight is 289 g/mol. The molecular formula is C16H19NO2S. The second-order valence-electron chi connectivity index (χ2n) is 4.76. The number of ether oxygens (including phenoxy) is 1. The van der Waals surface area contributed by atoms with Crippen LogP contribution in [0.5, 0.6) is 5.75 Å². The molecule has 0 bridgehead atoms. The molecule has 2 rings (SSSR count). The van der Waals surface area contributed by atoms with Crippen molar-refractivity contribution in [1.82, 2.24) is 0 Å². The molecule has 1 amide bonds. The van der Waals surface area contributed by atoms with E-state index in [1.54, 1.807) is 7.05 Å². The van der Waals surface area contributed by atoms with Crippen LogP contribution in [0.1, 0.15) is 31.7 Å². The molecule has 106 valence electrons. The molecule has 0 saturated carbocycles. The van der Waals surface area contributed by atoms with Gasteiger partial charge in [-0.2, -0.15) is 0 Å². The summed E-state index contributed by atoms with van der Waals surface area (Å²) in [5, 5.41) is 2.80. The molecule has 0 aliphatic carbocycles. The largest absolute Gasteiger partial charge is 0.420 e. The Hall–Kier alpha value is -1.81. The van der Waals surface area contributed by atoms with Crippen molar-refractivity contribution >= 4 is 22.4 Å². The highest BCUT2D eigenvalue weighted by molar-refractivity contribution is 7.14. The fraction of sp³-hybridized carbons (Fsp3) is 0.312. The summed E-state index contributed by atoms with van der Waals surface area (Å²) in [5.74, 6) is 1.06. The number of hydrogen-bond donors (Lipinski definition) is 0. The minimum atomic E-state index is -0.367. The summed E-state index contributed by atoms with van der Waals surface area (Å²) in [5.41, 5.74) is 1.19. The van der Waals surface area contributed by atoms with Gasteiger partial charge in [0, 0.05) is 7.05 Å². The zero-order valence-corrected chi connectivity index (χ0v) is 12.8. The van der Waals surface area contributed by atoms with Gasteiger partial charge in [-0.1, -0.05) is 26.0 Å². The SMILES string of the molecule is CCC(C)c1cccc(OC(=O)N(C)c2cccs2)c1. The van der Waals surface area contributed by atoms with Crippen LogP contribution in [0.3, 0.4) is 0 Å². The number of benzene rings is 1. The van der Waals surface area contributed by atoms with Gasteiger partial charge in [-0.05, 0) is 47.5 Å². The quantitative estimate of drug-likeness (QED) is 0.801. The van der Waals surface area contributed by atoms with E-state index in [2.05, 4.69) is 19.9 Å². The van der Waals surface area contributed by atoms with Crippen LogP contribution in [-0.2, 0) is 0 Å². The van der Waals surface area contributed by atoms with Crippen LogP contribution in [-0.4, -0.2) is 13.1 Å². The third kappa shape index (κ3) is 3.39. The minimum absolute atomic E-state index is 0.367. The molecule has 2 aromatic rings. The second kappa shape index (κ2) is 6.57. The number of anilines is 1. The molecular weight excluding hydrogens is 270 g/mol. The van der Waals surface area contributed by atoms with Crippen molar-refractivity contribution in [1.29, 1.82) is 0 Å². The lowest BCUT2D eigenvalue weighted by atomic mass is 9.99. The molecule has 0 radical (unpaired) electrons. The number of amides is 1. The maximum Gasteiger partial charge on any atom is 0.420 e. The maximum atomic E-state index is 12.1. The van der Waals surface area contributed by atoms with Crippen LogP contribution in [0.4, 0.5) is 9.80 Å². The van der Waals surface area contributed by atoms with E-state index in [0.717, 1.165) is 11.4 Å². The molecule has 1 aromatic heterocycles. The van der Waals surface area contributed by atoms with Gasteiger partial charge in [0.1, 0.15) is 10.8 Å². The minimum Gasteiger partial charge on any atom is -0.410 e. The van der Waals surface area contributed by atoms with Gasteiger partial charge in [-0.25, -0.2) is 4.79 Å². The summed E-state index contributed by atoms with van der Waals surface area (Å²) in [7, 11) is 1.71. The average Bonchev–Trinajstić information content (AvgIpc) is 3.00. The Balaban J connectivity index is 2.08. The van der Waals surface area contributed by atoms with E-state index in [1.165, 1.54) is 21.8 Å². The van der Waals surface area contributed by atoms with Crippen molar-refractivity contribution in [2.24, 2.45) is 0 Å². The molecule has 0 spiro atoms. The fourth-order valence-electron chi connectivity index (χ4n) is 1.84. The summed E-state index contributed by atoms with van der Waals surface area (Å²) in [4.78, 5) is 13.6. The smallest absolute Gasteiger partial charge is 0.410 e. The van der Waals surface area contributed by atoms with Crippen LogP contribution in [0, 0.1) is 0 Å². The van der Waals surface area contributed by atoms with Gasteiger partial charge in [-0.15, -0.1) is 11.3 Å². The Kier molecular flexibility index (Phi) is 4.79. The number of carbonyl (C=O) groups is 1. The van der Waals surface area contributed by atoms with E-state index in [9.17, 15) is 4.79 Å².